The third-order valence-electron chi connectivity index (χ3n) is 2.96. The zero-order valence-corrected chi connectivity index (χ0v) is 11.7. The van der Waals surface area contributed by atoms with Crippen molar-refractivity contribution >= 4 is 5.91 Å². The van der Waals surface area contributed by atoms with E-state index in [0.29, 0.717) is 6.42 Å². The highest BCUT2D eigenvalue weighted by atomic mass is 16.5. The molecule has 0 radical (unpaired) electrons. The van der Waals surface area contributed by atoms with Crippen LogP contribution >= 0.6 is 0 Å². The number of nitrogens with one attached hydrogen (secondary N) is 1. The molecule has 1 aromatic carbocycles. The molecule has 1 amide bonds. The summed E-state index contributed by atoms with van der Waals surface area (Å²) in [7, 11) is 1.65. The van der Waals surface area contributed by atoms with Crippen LogP contribution in [0.3, 0.4) is 0 Å². The smallest absolute Gasteiger partial charge is 0.220 e. The second-order valence-corrected chi connectivity index (χ2v) is 4.71. The number of hydrogen-bond donors (Lipinski definition) is 2. The number of aliphatic hydroxyl groups is 1. The Bertz CT molecular complexity index is 375. The molecule has 106 valence electrons. The highest BCUT2D eigenvalue weighted by Crippen LogP contribution is 2.13. The first kappa shape index (κ1) is 15.5. The average Bonchev–Trinajstić information content (AvgIpc) is 2.44. The maximum absolute atomic E-state index is 11.5. The summed E-state index contributed by atoms with van der Waals surface area (Å²) >= 11 is 0. The van der Waals surface area contributed by atoms with Crippen molar-refractivity contribution in [2.24, 2.45) is 0 Å². The van der Waals surface area contributed by atoms with E-state index in [1.165, 1.54) is 5.56 Å². The van der Waals surface area contributed by atoms with E-state index in [2.05, 4.69) is 5.32 Å². The van der Waals surface area contributed by atoms with E-state index in [1.54, 1.807) is 14.0 Å². The Morgan fingerprint density at radius 2 is 2.00 bits per heavy atom. The van der Waals surface area contributed by atoms with E-state index < -0.39 is 0 Å². The molecule has 1 atom stereocenters. The zero-order chi connectivity index (χ0) is 14.1. The average molecular weight is 265 g/mol. The van der Waals surface area contributed by atoms with Crippen molar-refractivity contribution < 1.29 is 14.6 Å². The highest BCUT2D eigenvalue weighted by molar-refractivity contribution is 5.76. The van der Waals surface area contributed by atoms with E-state index in [9.17, 15) is 4.79 Å². The summed E-state index contributed by atoms with van der Waals surface area (Å²) in [6, 6.07) is 7.84. The zero-order valence-electron chi connectivity index (χ0n) is 11.7. The molecular formula is C15H23NO3. The second-order valence-electron chi connectivity index (χ2n) is 4.71. The van der Waals surface area contributed by atoms with E-state index in [0.717, 1.165) is 25.0 Å². The summed E-state index contributed by atoms with van der Waals surface area (Å²) in [6.07, 6.45) is 3.32. The van der Waals surface area contributed by atoms with Gasteiger partial charge in [-0.05, 0) is 43.9 Å². The number of hydrogen-bond acceptors (Lipinski definition) is 3. The van der Waals surface area contributed by atoms with Crippen LogP contribution in [0.4, 0.5) is 0 Å². The van der Waals surface area contributed by atoms with Gasteiger partial charge < -0.3 is 15.2 Å². The molecule has 0 fully saturated rings. The summed E-state index contributed by atoms with van der Waals surface area (Å²) in [6.45, 7) is 1.77. The van der Waals surface area contributed by atoms with Crippen molar-refractivity contribution in [3.63, 3.8) is 0 Å². The summed E-state index contributed by atoms with van der Waals surface area (Å²) in [5.74, 6) is 0.873. The van der Waals surface area contributed by atoms with Crippen LogP contribution < -0.4 is 10.1 Å². The number of rotatable bonds is 8. The van der Waals surface area contributed by atoms with Crippen molar-refractivity contribution in [2.75, 3.05) is 13.7 Å². The quantitative estimate of drug-likeness (QED) is 0.706. The molecule has 0 aliphatic rings. The minimum Gasteiger partial charge on any atom is -0.497 e. The van der Waals surface area contributed by atoms with Crippen molar-refractivity contribution in [3.8, 4) is 5.75 Å². The van der Waals surface area contributed by atoms with Gasteiger partial charge in [-0.15, -0.1) is 0 Å². The van der Waals surface area contributed by atoms with Crippen LogP contribution in [-0.4, -0.2) is 30.8 Å². The Hall–Kier alpha value is -1.55. The van der Waals surface area contributed by atoms with Crippen molar-refractivity contribution in [1.29, 1.82) is 0 Å². The fourth-order valence-electron chi connectivity index (χ4n) is 1.80. The van der Waals surface area contributed by atoms with Gasteiger partial charge in [-0.2, -0.15) is 0 Å². The Balaban J connectivity index is 2.17. The van der Waals surface area contributed by atoms with Gasteiger partial charge >= 0.3 is 0 Å². The number of aryl methyl sites for hydroxylation is 1. The van der Waals surface area contributed by atoms with Gasteiger partial charge in [0.2, 0.25) is 5.91 Å². The third-order valence-corrected chi connectivity index (χ3v) is 2.96. The lowest BCUT2D eigenvalue weighted by Gasteiger charge is -2.10. The maximum Gasteiger partial charge on any atom is 0.220 e. The second kappa shape index (κ2) is 8.53. The number of carbonyl (C=O) groups excluding carboxylic acids is 1. The molecule has 0 bridgehead atoms. The predicted molar refractivity (Wildman–Crippen MR) is 75.2 cm³/mol. The van der Waals surface area contributed by atoms with Crippen LogP contribution in [0.1, 0.15) is 31.7 Å². The van der Waals surface area contributed by atoms with Gasteiger partial charge in [0.1, 0.15) is 5.75 Å². The summed E-state index contributed by atoms with van der Waals surface area (Å²) in [5.41, 5.74) is 1.25. The van der Waals surface area contributed by atoms with Crippen molar-refractivity contribution in [2.45, 2.75) is 38.6 Å². The molecule has 0 heterocycles. The number of ether oxygens (including phenoxy) is 1. The summed E-state index contributed by atoms with van der Waals surface area (Å²) in [4.78, 5) is 11.5. The van der Waals surface area contributed by atoms with E-state index >= 15 is 0 Å². The molecule has 1 aromatic rings. The third kappa shape index (κ3) is 6.25. The number of methoxy groups -OCH3 is 1. The fraction of sp³-hybridized carbons (Fsp3) is 0.533. The molecule has 2 N–H and O–H groups in total. The Morgan fingerprint density at radius 3 is 2.58 bits per heavy atom. The van der Waals surface area contributed by atoms with Crippen molar-refractivity contribution in [1.82, 2.24) is 5.32 Å². The Kier molecular flexibility index (Phi) is 6.97. The lowest BCUT2D eigenvalue weighted by molar-refractivity contribution is -0.122. The molecule has 0 aromatic heterocycles. The van der Waals surface area contributed by atoms with Crippen LogP contribution in [0.2, 0.25) is 0 Å². The monoisotopic (exact) mass is 265 g/mol. The van der Waals surface area contributed by atoms with Gasteiger partial charge in [-0.3, -0.25) is 4.79 Å². The first-order chi connectivity index (χ1) is 9.15. The lowest BCUT2D eigenvalue weighted by Crippen LogP contribution is -2.34. The van der Waals surface area contributed by atoms with Gasteiger partial charge in [0.05, 0.1) is 13.7 Å². The number of amides is 1. The van der Waals surface area contributed by atoms with E-state index in [4.69, 9.17) is 9.84 Å². The molecule has 0 saturated heterocycles. The van der Waals surface area contributed by atoms with Gasteiger partial charge in [0.15, 0.2) is 0 Å². The molecule has 19 heavy (non-hydrogen) atoms. The molecule has 0 aliphatic heterocycles. The van der Waals surface area contributed by atoms with Gasteiger partial charge in [0.25, 0.3) is 0 Å². The Labute approximate surface area is 114 Å². The summed E-state index contributed by atoms with van der Waals surface area (Å²) in [5, 5.41) is 11.6. The minimum absolute atomic E-state index is 0.0104. The molecule has 0 saturated carbocycles. The Morgan fingerprint density at radius 1 is 1.32 bits per heavy atom. The van der Waals surface area contributed by atoms with Gasteiger partial charge in [0, 0.05) is 12.5 Å². The number of carbonyl (C=O) groups is 1. The minimum atomic E-state index is -0.158. The maximum atomic E-state index is 11.5. The molecule has 1 unspecified atom stereocenters. The molecule has 0 spiro atoms. The standard InChI is InChI=1S/C15H23NO3/c1-12(11-17)16-15(18)6-4-3-5-13-7-9-14(19-2)10-8-13/h7-10,12,17H,3-6,11H2,1-2H3,(H,16,18). The SMILES string of the molecule is COc1ccc(CCCCC(=O)NC(C)CO)cc1. The fourth-order valence-corrected chi connectivity index (χ4v) is 1.80. The summed E-state index contributed by atoms with van der Waals surface area (Å²) < 4.78 is 5.10. The van der Waals surface area contributed by atoms with E-state index in [-0.39, 0.29) is 18.6 Å². The molecule has 4 heteroatoms. The highest BCUT2D eigenvalue weighted by Gasteiger charge is 2.05. The van der Waals surface area contributed by atoms with Crippen molar-refractivity contribution in [3.05, 3.63) is 29.8 Å². The molecule has 0 aliphatic carbocycles. The van der Waals surface area contributed by atoms with Crippen LogP contribution in [0.15, 0.2) is 24.3 Å². The van der Waals surface area contributed by atoms with Gasteiger partial charge in [-0.25, -0.2) is 0 Å². The molecular weight excluding hydrogens is 242 g/mol. The lowest BCUT2D eigenvalue weighted by atomic mass is 10.1. The first-order valence-electron chi connectivity index (χ1n) is 6.69. The predicted octanol–water partition coefficient (Wildman–Crippen LogP) is 1.90. The first-order valence-corrected chi connectivity index (χ1v) is 6.69. The number of aliphatic hydroxyl groups excluding tert-OH is 1. The van der Waals surface area contributed by atoms with Gasteiger partial charge in [-0.1, -0.05) is 12.1 Å². The largest absolute Gasteiger partial charge is 0.497 e. The number of benzene rings is 1. The van der Waals surface area contributed by atoms with Crippen LogP contribution in [0.5, 0.6) is 5.75 Å². The van der Waals surface area contributed by atoms with Crippen LogP contribution in [0, 0.1) is 0 Å². The van der Waals surface area contributed by atoms with Crippen LogP contribution in [0.25, 0.3) is 0 Å². The van der Waals surface area contributed by atoms with Crippen LogP contribution in [-0.2, 0) is 11.2 Å². The normalized spacial score (nSPS) is 11.9. The topological polar surface area (TPSA) is 58.6 Å². The molecule has 4 nitrogen and oxygen atoms in total. The molecule has 1 rings (SSSR count). The van der Waals surface area contributed by atoms with E-state index in [1.807, 2.05) is 24.3 Å². The number of unbranched alkanes of at least 4 members (excludes halogenated alkanes) is 1.